The first kappa shape index (κ1) is 14.2. The Morgan fingerprint density at radius 2 is 1.90 bits per heavy atom. The van der Waals surface area contributed by atoms with Crippen LogP contribution in [0.15, 0.2) is 18.3 Å². The van der Waals surface area contributed by atoms with Crippen LogP contribution in [0.2, 0.25) is 5.02 Å². The minimum absolute atomic E-state index is 0.191. The number of nitrogens with one attached hydrogen (secondary N) is 1. The first-order chi connectivity index (χ1) is 9.55. The highest BCUT2D eigenvalue weighted by Gasteiger charge is 2.12. The van der Waals surface area contributed by atoms with E-state index in [1.165, 1.54) is 0 Å². The van der Waals surface area contributed by atoms with Crippen molar-refractivity contribution in [2.24, 2.45) is 0 Å². The molecule has 7 heteroatoms. The van der Waals surface area contributed by atoms with E-state index in [4.69, 9.17) is 26.8 Å². The Balaban J connectivity index is 2.42. The number of hydrogen-bond acceptors (Lipinski definition) is 6. The first-order valence-corrected chi connectivity index (χ1v) is 6.20. The van der Waals surface area contributed by atoms with Gasteiger partial charge < -0.3 is 20.5 Å². The highest BCUT2D eigenvalue weighted by molar-refractivity contribution is 6.32. The molecule has 1 heterocycles. The van der Waals surface area contributed by atoms with E-state index in [0.717, 1.165) is 5.56 Å². The number of rotatable bonds is 4. The van der Waals surface area contributed by atoms with Crippen molar-refractivity contribution >= 4 is 29.1 Å². The largest absolute Gasteiger partial charge is 0.495 e. The van der Waals surface area contributed by atoms with Gasteiger partial charge in [-0.05, 0) is 13.0 Å². The highest BCUT2D eigenvalue weighted by atomic mass is 35.5. The van der Waals surface area contributed by atoms with Crippen LogP contribution < -0.4 is 20.5 Å². The molecule has 2 aromatic rings. The molecule has 0 fully saturated rings. The Morgan fingerprint density at radius 1 is 1.20 bits per heavy atom. The third-order valence-electron chi connectivity index (χ3n) is 2.72. The average molecular weight is 295 g/mol. The number of methoxy groups -OCH3 is 2. The molecular formula is C13H15ClN4O2. The summed E-state index contributed by atoms with van der Waals surface area (Å²) in [7, 11) is 3.11. The molecule has 106 valence electrons. The lowest BCUT2D eigenvalue weighted by Crippen LogP contribution is -2.03. The predicted molar refractivity (Wildman–Crippen MR) is 79.0 cm³/mol. The molecule has 0 atom stereocenters. The number of anilines is 3. The summed E-state index contributed by atoms with van der Waals surface area (Å²) in [4.78, 5) is 8.06. The molecule has 0 aliphatic rings. The lowest BCUT2D eigenvalue weighted by molar-refractivity contribution is 0.396. The van der Waals surface area contributed by atoms with Gasteiger partial charge in [-0.15, -0.1) is 0 Å². The van der Waals surface area contributed by atoms with Crippen molar-refractivity contribution in [1.29, 1.82) is 0 Å². The van der Waals surface area contributed by atoms with Crippen LogP contribution in [-0.4, -0.2) is 24.2 Å². The van der Waals surface area contributed by atoms with E-state index in [9.17, 15) is 0 Å². The molecule has 0 bridgehead atoms. The molecule has 20 heavy (non-hydrogen) atoms. The van der Waals surface area contributed by atoms with E-state index >= 15 is 0 Å². The van der Waals surface area contributed by atoms with Gasteiger partial charge in [0.1, 0.15) is 17.3 Å². The van der Waals surface area contributed by atoms with Gasteiger partial charge in [-0.1, -0.05) is 11.6 Å². The van der Waals surface area contributed by atoms with Gasteiger partial charge in [0.15, 0.2) is 0 Å². The molecule has 6 nitrogen and oxygen atoms in total. The van der Waals surface area contributed by atoms with Crippen LogP contribution in [0.5, 0.6) is 11.5 Å². The normalized spacial score (nSPS) is 10.2. The monoisotopic (exact) mass is 294 g/mol. The second-order valence-corrected chi connectivity index (χ2v) is 4.48. The quantitative estimate of drug-likeness (QED) is 0.902. The number of nitrogen functional groups attached to an aromatic ring is 1. The summed E-state index contributed by atoms with van der Waals surface area (Å²) in [6, 6.07) is 3.40. The van der Waals surface area contributed by atoms with Crippen LogP contribution in [0, 0.1) is 6.92 Å². The summed E-state index contributed by atoms with van der Waals surface area (Å²) in [6.45, 7) is 1.87. The second-order valence-electron chi connectivity index (χ2n) is 4.07. The summed E-state index contributed by atoms with van der Waals surface area (Å²) >= 11 is 6.12. The molecule has 1 aromatic carbocycles. The molecule has 0 saturated heterocycles. The smallest absolute Gasteiger partial charge is 0.221 e. The maximum atomic E-state index is 6.12. The number of aryl methyl sites for hydroxylation is 1. The number of hydrogen-bond donors (Lipinski definition) is 2. The number of benzene rings is 1. The third kappa shape index (κ3) is 2.85. The molecule has 0 radical (unpaired) electrons. The second kappa shape index (κ2) is 5.83. The molecule has 1 aromatic heterocycles. The Kier molecular flexibility index (Phi) is 4.14. The Labute approximate surface area is 121 Å². The minimum atomic E-state index is 0.191. The SMILES string of the molecule is COc1cc(OC)c(Nc2nc(N)ncc2C)cc1Cl. The van der Waals surface area contributed by atoms with Gasteiger partial charge in [0, 0.05) is 17.8 Å². The molecular weight excluding hydrogens is 280 g/mol. The van der Waals surface area contributed by atoms with E-state index in [1.807, 2.05) is 6.92 Å². The van der Waals surface area contributed by atoms with E-state index < -0.39 is 0 Å². The van der Waals surface area contributed by atoms with Crippen molar-refractivity contribution in [3.8, 4) is 11.5 Å². The fourth-order valence-corrected chi connectivity index (χ4v) is 1.91. The molecule has 0 aliphatic heterocycles. The Morgan fingerprint density at radius 3 is 2.55 bits per heavy atom. The number of halogens is 1. The molecule has 0 aliphatic carbocycles. The summed E-state index contributed by atoms with van der Waals surface area (Å²) in [5.41, 5.74) is 7.11. The van der Waals surface area contributed by atoms with Crippen LogP contribution in [0.25, 0.3) is 0 Å². The van der Waals surface area contributed by atoms with E-state index in [2.05, 4.69) is 15.3 Å². The van der Waals surface area contributed by atoms with Gasteiger partial charge in [-0.25, -0.2) is 4.98 Å². The van der Waals surface area contributed by atoms with E-state index in [1.54, 1.807) is 32.5 Å². The minimum Gasteiger partial charge on any atom is -0.495 e. The standard InChI is InChI=1S/C13H15ClN4O2/c1-7-6-16-13(15)18-12(7)17-9-4-8(14)10(19-2)5-11(9)20-3/h4-6H,1-3H3,(H3,15,16,17,18). The fourth-order valence-electron chi connectivity index (χ4n) is 1.67. The zero-order valence-corrected chi connectivity index (χ0v) is 12.2. The van der Waals surface area contributed by atoms with Crippen molar-refractivity contribution < 1.29 is 9.47 Å². The van der Waals surface area contributed by atoms with Crippen LogP contribution in [0.4, 0.5) is 17.5 Å². The molecule has 0 amide bonds. The lowest BCUT2D eigenvalue weighted by Gasteiger charge is -2.14. The van der Waals surface area contributed by atoms with Crippen molar-refractivity contribution in [2.45, 2.75) is 6.92 Å². The summed E-state index contributed by atoms with van der Waals surface area (Å²) in [6.07, 6.45) is 1.64. The zero-order valence-electron chi connectivity index (χ0n) is 11.4. The highest BCUT2D eigenvalue weighted by Crippen LogP contribution is 2.37. The molecule has 0 saturated carbocycles. The summed E-state index contributed by atoms with van der Waals surface area (Å²) in [5.74, 6) is 1.91. The van der Waals surface area contributed by atoms with Crippen LogP contribution in [0.1, 0.15) is 5.56 Å². The van der Waals surface area contributed by atoms with Crippen molar-refractivity contribution in [3.05, 3.63) is 28.9 Å². The summed E-state index contributed by atoms with van der Waals surface area (Å²) in [5, 5.41) is 3.60. The first-order valence-electron chi connectivity index (χ1n) is 5.82. The number of ether oxygens (including phenoxy) is 2. The average Bonchev–Trinajstić information content (AvgIpc) is 2.43. The van der Waals surface area contributed by atoms with Crippen LogP contribution in [-0.2, 0) is 0 Å². The van der Waals surface area contributed by atoms with Gasteiger partial charge in [-0.3, -0.25) is 0 Å². The Bertz CT molecular complexity index is 634. The van der Waals surface area contributed by atoms with Crippen molar-refractivity contribution in [3.63, 3.8) is 0 Å². The number of aromatic nitrogens is 2. The lowest BCUT2D eigenvalue weighted by atomic mass is 10.2. The van der Waals surface area contributed by atoms with Crippen molar-refractivity contribution in [2.75, 3.05) is 25.3 Å². The molecule has 0 unspecified atom stereocenters. The van der Waals surface area contributed by atoms with E-state index in [0.29, 0.717) is 28.0 Å². The fraction of sp³-hybridized carbons (Fsp3) is 0.231. The number of nitrogens with two attached hydrogens (primary N) is 1. The number of nitrogens with zero attached hydrogens (tertiary/aromatic N) is 2. The third-order valence-corrected chi connectivity index (χ3v) is 3.01. The summed E-state index contributed by atoms with van der Waals surface area (Å²) < 4.78 is 10.5. The van der Waals surface area contributed by atoms with Gasteiger partial charge in [0.25, 0.3) is 0 Å². The van der Waals surface area contributed by atoms with Gasteiger partial charge in [0.05, 0.1) is 24.9 Å². The predicted octanol–water partition coefficient (Wildman–Crippen LogP) is 2.78. The molecule has 3 N–H and O–H groups in total. The topological polar surface area (TPSA) is 82.3 Å². The van der Waals surface area contributed by atoms with Crippen LogP contribution in [0.3, 0.4) is 0 Å². The molecule has 2 rings (SSSR count). The van der Waals surface area contributed by atoms with Gasteiger partial charge in [-0.2, -0.15) is 4.98 Å². The Hall–Kier alpha value is -2.21. The van der Waals surface area contributed by atoms with Gasteiger partial charge >= 0.3 is 0 Å². The van der Waals surface area contributed by atoms with Crippen LogP contribution >= 0.6 is 11.6 Å². The van der Waals surface area contributed by atoms with E-state index in [-0.39, 0.29) is 5.95 Å². The maximum absolute atomic E-state index is 6.12. The van der Waals surface area contributed by atoms with Gasteiger partial charge in [0.2, 0.25) is 5.95 Å². The zero-order chi connectivity index (χ0) is 14.7. The maximum Gasteiger partial charge on any atom is 0.221 e. The molecule has 0 spiro atoms. The van der Waals surface area contributed by atoms with Crippen molar-refractivity contribution in [1.82, 2.24) is 9.97 Å².